The highest BCUT2D eigenvalue weighted by atomic mass is 31.2. The molecule has 0 aliphatic carbocycles. The largest absolute Gasteiger partial charge is 0.543 e. The lowest BCUT2D eigenvalue weighted by molar-refractivity contribution is 0.0860. The van der Waals surface area contributed by atoms with Crippen LogP contribution in [0.15, 0.2) is 72.8 Å². The van der Waals surface area contributed by atoms with Gasteiger partial charge in [-0.2, -0.15) is 15.5 Å². The van der Waals surface area contributed by atoms with Crippen LogP contribution in [0.4, 0.5) is 17.1 Å². The summed E-state index contributed by atoms with van der Waals surface area (Å²) in [6.45, 7) is 6.43. The molecule has 3 aromatic carbocycles. The molecule has 10 nitrogen and oxygen atoms in total. The zero-order valence-corrected chi connectivity index (χ0v) is 25.3. The summed E-state index contributed by atoms with van der Waals surface area (Å²) in [7, 11) is -4.57. The Morgan fingerprint density at radius 2 is 0.756 bits per heavy atom. The molecule has 0 aliphatic rings. The highest BCUT2D eigenvalue weighted by Gasteiger charge is 2.37. The van der Waals surface area contributed by atoms with Gasteiger partial charge in [-0.1, -0.05) is 76.4 Å². The summed E-state index contributed by atoms with van der Waals surface area (Å²) < 4.78 is 30.6. The number of nitrogens with two attached hydrogens (primary N) is 3. The molecule has 0 aliphatic heterocycles. The minimum absolute atomic E-state index is 0.436. The van der Waals surface area contributed by atoms with E-state index in [0.717, 1.165) is 90.0 Å². The van der Waals surface area contributed by atoms with E-state index in [4.69, 9.17) is 31.4 Å². The van der Waals surface area contributed by atoms with Gasteiger partial charge < -0.3 is 0 Å². The van der Waals surface area contributed by atoms with Crippen LogP contribution in [-0.4, -0.2) is 0 Å². The van der Waals surface area contributed by atoms with Gasteiger partial charge in [0.25, 0.3) is 0 Å². The fraction of sp³-hybridized carbons (Fsp3) is 0.400. The van der Waals surface area contributed by atoms with Crippen LogP contribution in [0.2, 0.25) is 0 Å². The van der Waals surface area contributed by atoms with Gasteiger partial charge in [0.05, 0.1) is 17.1 Å². The Hall–Kier alpha value is -2.95. The van der Waals surface area contributed by atoms with E-state index in [1.165, 1.54) is 0 Å². The summed E-state index contributed by atoms with van der Waals surface area (Å²) in [6.07, 6.45) is 9.38. The third-order valence-corrected chi connectivity index (χ3v) is 7.72. The van der Waals surface area contributed by atoms with Crippen LogP contribution in [0.5, 0.6) is 0 Å². The standard InChI is InChI=1S/C30H45N6O4P/c1-4-7-10-25-13-19-28(20-14-25)34(31)38-41(37,39-35(32)29-21-15-26(16-22-29)11-8-5-2)40-36(33)30-23-17-27(18-24-30)12-9-6-3/h13-24H,4-12,31-33H2,1-3H3. The molecule has 0 saturated heterocycles. The van der Waals surface area contributed by atoms with Crippen molar-refractivity contribution in [3.63, 3.8) is 0 Å². The van der Waals surface area contributed by atoms with Crippen molar-refractivity contribution in [3.05, 3.63) is 89.5 Å². The van der Waals surface area contributed by atoms with E-state index < -0.39 is 7.82 Å². The number of hydrogen-bond donors (Lipinski definition) is 3. The molecule has 0 aromatic heterocycles. The molecule has 0 heterocycles. The monoisotopic (exact) mass is 584 g/mol. The van der Waals surface area contributed by atoms with Crippen molar-refractivity contribution in [1.29, 1.82) is 0 Å². The molecule has 0 radical (unpaired) electrons. The summed E-state index contributed by atoms with van der Waals surface area (Å²) in [5.74, 6) is 18.5. The molecule has 0 fully saturated rings. The number of rotatable bonds is 18. The smallest absolute Gasteiger partial charge is 0.222 e. The second-order valence-corrected chi connectivity index (χ2v) is 11.4. The van der Waals surface area contributed by atoms with Gasteiger partial charge in [0.2, 0.25) is 0 Å². The SMILES string of the molecule is CCCCc1ccc(N(N)OP(=O)(ON(N)c2ccc(CCCC)cc2)ON(N)c2ccc(CCCC)cc2)cc1. The highest BCUT2D eigenvalue weighted by molar-refractivity contribution is 7.48. The molecule has 41 heavy (non-hydrogen) atoms. The van der Waals surface area contributed by atoms with Gasteiger partial charge in [0.15, 0.2) is 0 Å². The summed E-state index contributed by atoms with van der Waals surface area (Å²) in [4.78, 5) is 0. The molecule has 224 valence electrons. The van der Waals surface area contributed by atoms with Crippen LogP contribution >= 0.6 is 7.82 Å². The number of aryl methyl sites for hydroxylation is 3. The molecule has 0 atom stereocenters. The predicted molar refractivity (Wildman–Crippen MR) is 166 cm³/mol. The average molecular weight is 585 g/mol. The molecule has 6 N–H and O–H groups in total. The van der Waals surface area contributed by atoms with Crippen molar-refractivity contribution in [2.45, 2.75) is 78.6 Å². The normalized spacial score (nSPS) is 11.5. The first-order chi connectivity index (χ1) is 19.8. The first-order valence-corrected chi connectivity index (χ1v) is 15.8. The van der Waals surface area contributed by atoms with E-state index in [-0.39, 0.29) is 0 Å². The van der Waals surface area contributed by atoms with E-state index in [9.17, 15) is 4.57 Å². The fourth-order valence-electron chi connectivity index (χ4n) is 4.08. The lowest BCUT2D eigenvalue weighted by atomic mass is 10.1. The molecule has 3 aromatic rings. The molecular weight excluding hydrogens is 539 g/mol. The average Bonchev–Trinajstić information content (AvgIpc) is 2.98. The second-order valence-electron chi connectivity index (χ2n) is 9.98. The van der Waals surface area contributed by atoms with E-state index in [1.807, 2.05) is 36.4 Å². The minimum Gasteiger partial charge on any atom is -0.222 e. The van der Waals surface area contributed by atoms with Crippen molar-refractivity contribution in [2.24, 2.45) is 17.5 Å². The Kier molecular flexibility index (Phi) is 13.1. The molecular formula is C30H45N6O4P. The van der Waals surface area contributed by atoms with Gasteiger partial charge in [-0.25, -0.2) is 22.1 Å². The van der Waals surface area contributed by atoms with Crippen molar-refractivity contribution in [3.8, 4) is 0 Å². The maximum absolute atomic E-state index is 14.0. The molecule has 0 bridgehead atoms. The van der Waals surface area contributed by atoms with Crippen molar-refractivity contribution in [1.82, 2.24) is 0 Å². The Bertz CT molecular complexity index is 1060. The number of anilines is 3. The molecule has 0 amide bonds. The molecule has 0 spiro atoms. The lowest BCUT2D eigenvalue weighted by Gasteiger charge is -2.29. The van der Waals surface area contributed by atoms with Gasteiger partial charge in [-0.05, 0) is 91.6 Å². The molecule has 0 saturated carbocycles. The summed E-state index contributed by atoms with van der Waals surface area (Å²) in [5, 5.41) is 2.48. The Morgan fingerprint density at radius 3 is 0.976 bits per heavy atom. The summed E-state index contributed by atoms with van der Waals surface area (Å²) in [5.41, 5.74) is 4.78. The predicted octanol–water partition coefficient (Wildman–Crippen LogP) is 7.06. The Balaban J connectivity index is 1.78. The van der Waals surface area contributed by atoms with Crippen molar-refractivity contribution in [2.75, 3.05) is 15.5 Å². The highest BCUT2D eigenvalue weighted by Crippen LogP contribution is 2.52. The van der Waals surface area contributed by atoms with Gasteiger partial charge in [0.1, 0.15) is 0 Å². The van der Waals surface area contributed by atoms with E-state index in [1.54, 1.807) is 36.4 Å². The Labute approximate surface area is 244 Å². The van der Waals surface area contributed by atoms with Crippen molar-refractivity contribution >= 4 is 24.9 Å². The molecule has 3 rings (SSSR count). The zero-order chi connectivity index (χ0) is 29.7. The lowest BCUT2D eigenvalue weighted by Crippen LogP contribution is -2.38. The number of nitrogens with zero attached hydrogens (tertiary/aromatic N) is 3. The maximum atomic E-state index is 14.0. The van der Waals surface area contributed by atoms with Gasteiger partial charge in [-0.15, -0.1) is 13.9 Å². The first-order valence-electron chi connectivity index (χ1n) is 14.4. The zero-order valence-electron chi connectivity index (χ0n) is 24.4. The minimum atomic E-state index is -4.57. The molecule has 0 unspecified atom stereocenters. The second kappa shape index (κ2) is 16.5. The van der Waals surface area contributed by atoms with Crippen LogP contribution in [0.1, 0.15) is 76.0 Å². The Morgan fingerprint density at radius 1 is 0.512 bits per heavy atom. The van der Waals surface area contributed by atoms with E-state index in [2.05, 4.69) is 20.8 Å². The maximum Gasteiger partial charge on any atom is 0.543 e. The summed E-state index contributed by atoms with van der Waals surface area (Å²) >= 11 is 0. The van der Waals surface area contributed by atoms with Crippen LogP contribution < -0.4 is 33.0 Å². The molecule has 11 heteroatoms. The number of unbranched alkanes of at least 4 members (excludes halogenated alkanes) is 3. The van der Waals surface area contributed by atoms with Gasteiger partial charge in [0, 0.05) is 0 Å². The number of benzene rings is 3. The number of hydrazine groups is 3. The van der Waals surface area contributed by atoms with Gasteiger partial charge >= 0.3 is 7.82 Å². The number of hydrogen-bond acceptors (Lipinski definition) is 10. The first kappa shape index (κ1) is 32.6. The third-order valence-electron chi connectivity index (χ3n) is 6.59. The van der Waals surface area contributed by atoms with Gasteiger partial charge in [-0.3, -0.25) is 0 Å². The number of phosphoric acid groups is 1. The topological polar surface area (TPSA) is 133 Å². The third kappa shape index (κ3) is 10.4. The van der Waals surface area contributed by atoms with Crippen LogP contribution in [0.3, 0.4) is 0 Å². The summed E-state index contributed by atoms with van der Waals surface area (Å²) in [6, 6.07) is 22.2. The van der Waals surface area contributed by atoms with Crippen LogP contribution in [-0.2, 0) is 37.7 Å². The van der Waals surface area contributed by atoms with E-state index in [0.29, 0.717) is 17.1 Å². The van der Waals surface area contributed by atoms with E-state index >= 15 is 0 Å². The quantitative estimate of drug-likeness (QED) is 0.0811. The van der Waals surface area contributed by atoms with Crippen LogP contribution in [0.25, 0.3) is 0 Å². The van der Waals surface area contributed by atoms with Crippen LogP contribution in [0, 0.1) is 0 Å². The fourth-order valence-corrected chi connectivity index (χ4v) is 5.10. The van der Waals surface area contributed by atoms with Crippen molar-refractivity contribution < 1.29 is 18.4 Å².